The summed E-state index contributed by atoms with van der Waals surface area (Å²) in [7, 11) is 0. The maximum absolute atomic E-state index is 11.0. The lowest BCUT2D eigenvalue weighted by Crippen LogP contribution is -2.02. The number of ether oxygens (including phenoxy) is 1. The van der Waals surface area contributed by atoms with Crippen molar-refractivity contribution in [3.8, 4) is 11.9 Å². The van der Waals surface area contributed by atoms with Gasteiger partial charge in [-0.25, -0.2) is 4.79 Å². The summed E-state index contributed by atoms with van der Waals surface area (Å²) in [4.78, 5) is 15.4. The van der Waals surface area contributed by atoms with Gasteiger partial charge in [-0.1, -0.05) is 6.07 Å². The molecule has 22 heavy (non-hydrogen) atoms. The van der Waals surface area contributed by atoms with E-state index in [1.54, 1.807) is 22.7 Å². The molecule has 2 N–H and O–H groups in total. The topological polar surface area (TPSA) is 108 Å². The van der Waals surface area contributed by atoms with Crippen molar-refractivity contribution in [1.82, 2.24) is 9.38 Å². The summed E-state index contributed by atoms with van der Waals surface area (Å²) >= 11 is 0. The Balaban J connectivity index is 2.58. The van der Waals surface area contributed by atoms with Gasteiger partial charge in [0.1, 0.15) is 23.0 Å². The van der Waals surface area contributed by atoms with Crippen LogP contribution in [-0.4, -0.2) is 38.8 Å². The average Bonchev–Trinajstić information content (AvgIpc) is 2.84. The van der Waals surface area contributed by atoms with E-state index in [4.69, 9.17) is 20.2 Å². The summed E-state index contributed by atoms with van der Waals surface area (Å²) in [5, 5.41) is 26.7. The second-order valence-electron chi connectivity index (χ2n) is 4.59. The molecule has 0 radical (unpaired) electrons. The van der Waals surface area contributed by atoms with Gasteiger partial charge in [-0.3, -0.25) is 4.40 Å². The van der Waals surface area contributed by atoms with Crippen molar-refractivity contribution in [3.63, 3.8) is 0 Å². The molecule has 7 nitrogen and oxygen atoms in total. The van der Waals surface area contributed by atoms with Crippen molar-refractivity contribution in [2.45, 2.75) is 13.3 Å². The summed E-state index contributed by atoms with van der Waals surface area (Å²) in [5.74, 6) is -1.08. The van der Waals surface area contributed by atoms with Gasteiger partial charge in [0.05, 0.1) is 6.61 Å². The fourth-order valence-corrected chi connectivity index (χ4v) is 1.95. The Labute approximate surface area is 126 Å². The molecular formula is C15H15N3O4. The normalized spacial score (nSPS) is 11.4. The van der Waals surface area contributed by atoms with E-state index in [0.717, 1.165) is 5.56 Å². The maximum atomic E-state index is 11.0. The van der Waals surface area contributed by atoms with Crippen LogP contribution in [0.15, 0.2) is 23.9 Å². The molecule has 0 saturated heterocycles. The minimum atomic E-state index is -1.31. The van der Waals surface area contributed by atoms with Gasteiger partial charge in [0.15, 0.2) is 0 Å². The van der Waals surface area contributed by atoms with Crippen LogP contribution in [0.4, 0.5) is 0 Å². The third-order valence-corrected chi connectivity index (χ3v) is 3.02. The molecule has 0 spiro atoms. The number of pyridine rings is 1. The number of rotatable bonds is 6. The smallest absolute Gasteiger partial charge is 0.346 e. The number of nitriles is 1. The summed E-state index contributed by atoms with van der Waals surface area (Å²) in [6.45, 7) is 2.10. The predicted molar refractivity (Wildman–Crippen MR) is 78.4 cm³/mol. The molecule has 114 valence electrons. The molecule has 2 rings (SSSR count). The van der Waals surface area contributed by atoms with E-state index in [9.17, 15) is 4.79 Å². The van der Waals surface area contributed by atoms with Crippen LogP contribution in [0.5, 0.6) is 5.88 Å². The fraction of sp³-hybridized carbons (Fsp3) is 0.267. The highest BCUT2D eigenvalue weighted by atomic mass is 16.5. The van der Waals surface area contributed by atoms with Crippen LogP contribution in [0.2, 0.25) is 0 Å². The maximum Gasteiger partial charge on any atom is 0.346 e. The molecule has 0 bridgehead atoms. The summed E-state index contributed by atoms with van der Waals surface area (Å²) in [6.07, 6.45) is 3.38. The van der Waals surface area contributed by atoms with Crippen molar-refractivity contribution >= 4 is 17.7 Å². The van der Waals surface area contributed by atoms with Gasteiger partial charge < -0.3 is 14.9 Å². The molecule has 0 aliphatic rings. The standard InChI is InChI=1S/C15H15N3O4/c1-10-4-2-5-18-12(8-11(9-16)15(20)21)14(17-13(10)18)22-7-3-6-19/h2,4-5,8,19H,3,6-7H2,1H3,(H,20,21)/b11-8+. The molecule has 0 aliphatic heterocycles. The van der Waals surface area contributed by atoms with E-state index in [1.807, 2.05) is 13.0 Å². The molecule has 0 fully saturated rings. The zero-order valence-electron chi connectivity index (χ0n) is 12.0. The largest absolute Gasteiger partial charge is 0.477 e. The number of hydrogen-bond donors (Lipinski definition) is 2. The Morgan fingerprint density at radius 3 is 3.00 bits per heavy atom. The lowest BCUT2D eigenvalue weighted by Gasteiger charge is -2.03. The number of imidazole rings is 1. The van der Waals surface area contributed by atoms with Crippen molar-refractivity contribution in [2.75, 3.05) is 13.2 Å². The van der Waals surface area contributed by atoms with Crippen LogP contribution in [0.1, 0.15) is 17.7 Å². The number of aliphatic hydroxyl groups excluding tert-OH is 1. The second kappa shape index (κ2) is 6.74. The van der Waals surface area contributed by atoms with Crippen LogP contribution < -0.4 is 4.74 Å². The van der Waals surface area contributed by atoms with Crippen LogP contribution in [0.25, 0.3) is 11.7 Å². The first-order valence-corrected chi connectivity index (χ1v) is 6.65. The second-order valence-corrected chi connectivity index (χ2v) is 4.59. The third kappa shape index (κ3) is 3.07. The first-order valence-electron chi connectivity index (χ1n) is 6.65. The molecule has 0 unspecified atom stereocenters. The fourth-order valence-electron chi connectivity index (χ4n) is 1.95. The van der Waals surface area contributed by atoms with Crippen molar-refractivity contribution in [2.24, 2.45) is 0 Å². The highest BCUT2D eigenvalue weighted by Crippen LogP contribution is 2.24. The molecule has 0 aliphatic carbocycles. The van der Waals surface area contributed by atoms with Crippen molar-refractivity contribution in [3.05, 3.63) is 35.2 Å². The lowest BCUT2D eigenvalue weighted by molar-refractivity contribution is -0.132. The quantitative estimate of drug-likeness (QED) is 0.474. The van der Waals surface area contributed by atoms with Gasteiger partial charge in [-0.2, -0.15) is 10.2 Å². The lowest BCUT2D eigenvalue weighted by atomic mass is 10.2. The van der Waals surface area contributed by atoms with Gasteiger partial charge in [0.2, 0.25) is 5.88 Å². The van der Waals surface area contributed by atoms with Crippen molar-refractivity contribution < 1.29 is 19.7 Å². The number of aliphatic carboxylic acids is 1. The molecule has 0 amide bonds. The van der Waals surface area contributed by atoms with Crippen LogP contribution in [0.3, 0.4) is 0 Å². The van der Waals surface area contributed by atoms with Gasteiger partial charge in [-0.15, -0.1) is 0 Å². The summed E-state index contributed by atoms with van der Waals surface area (Å²) in [5.41, 5.74) is 1.49. The number of hydrogen-bond acceptors (Lipinski definition) is 5. The first kappa shape index (κ1) is 15.5. The highest BCUT2D eigenvalue weighted by Gasteiger charge is 2.16. The summed E-state index contributed by atoms with van der Waals surface area (Å²) < 4.78 is 7.17. The monoisotopic (exact) mass is 301 g/mol. The van der Waals surface area contributed by atoms with E-state index in [1.165, 1.54) is 6.08 Å². The third-order valence-electron chi connectivity index (χ3n) is 3.02. The SMILES string of the molecule is Cc1cccn2c(/C=C(\C#N)C(=O)O)c(OCCCO)nc12. The minimum absolute atomic E-state index is 0.0177. The summed E-state index contributed by atoms with van der Waals surface area (Å²) in [6, 6.07) is 5.31. The predicted octanol–water partition coefficient (Wildman–Crippen LogP) is 1.40. The first-order chi connectivity index (χ1) is 10.6. The van der Waals surface area contributed by atoms with E-state index < -0.39 is 11.5 Å². The molecule has 2 aromatic rings. The number of aliphatic hydroxyl groups is 1. The van der Waals surface area contributed by atoms with Crippen LogP contribution in [-0.2, 0) is 4.79 Å². The van der Waals surface area contributed by atoms with Crippen molar-refractivity contribution in [1.29, 1.82) is 5.26 Å². The molecule has 2 heterocycles. The van der Waals surface area contributed by atoms with Gasteiger partial charge in [-0.05, 0) is 24.6 Å². The Kier molecular flexibility index (Phi) is 4.76. The number of carboxylic acid groups (broad SMARTS) is 1. The number of carboxylic acids is 1. The van der Waals surface area contributed by atoms with E-state index in [2.05, 4.69) is 4.98 Å². The molecule has 0 aromatic carbocycles. The Hall–Kier alpha value is -2.85. The highest BCUT2D eigenvalue weighted by molar-refractivity contribution is 5.96. The number of aromatic nitrogens is 2. The Morgan fingerprint density at radius 1 is 1.59 bits per heavy atom. The van der Waals surface area contributed by atoms with Gasteiger partial charge in [0, 0.05) is 19.2 Å². The van der Waals surface area contributed by atoms with Crippen LogP contribution >= 0.6 is 0 Å². The van der Waals surface area contributed by atoms with Crippen LogP contribution in [0, 0.1) is 18.3 Å². The Bertz CT molecular complexity index is 771. The zero-order chi connectivity index (χ0) is 16.1. The minimum Gasteiger partial charge on any atom is -0.477 e. The van der Waals surface area contributed by atoms with Gasteiger partial charge >= 0.3 is 5.97 Å². The Morgan fingerprint density at radius 2 is 2.36 bits per heavy atom. The molecule has 2 aromatic heterocycles. The zero-order valence-corrected chi connectivity index (χ0v) is 12.0. The van der Waals surface area contributed by atoms with E-state index in [0.29, 0.717) is 17.8 Å². The molecular weight excluding hydrogens is 286 g/mol. The number of carbonyl (C=O) groups is 1. The number of aryl methyl sites for hydroxylation is 1. The molecule has 0 atom stereocenters. The van der Waals surface area contributed by atoms with E-state index in [-0.39, 0.29) is 19.1 Å². The number of fused-ring (bicyclic) bond motifs is 1. The molecule has 7 heteroatoms. The number of nitrogens with zero attached hydrogens (tertiary/aromatic N) is 3. The van der Waals surface area contributed by atoms with Gasteiger partial charge in [0.25, 0.3) is 0 Å². The molecule has 0 saturated carbocycles. The van der Waals surface area contributed by atoms with E-state index >= 15 is 0 Å². The average molecular weight is 301 g/mol.